The lowest BCUT2D eigenvalue weighted by molar-refractivity contribution is -0.339. The lowest BCUT2D eigenvalue weighted by Gasteiger charge is -2.53. The van der Waals surface area contributed by atoms with Crippen LogP contribution in [0.5, 0.6) is 5.75 Å². The highest BCUT2D eigenvalue weighted by atomic mass is 16.7. The van der Waals surface area contributed by atoms with Crippen LogP contribution in [-0.2, 0) is 56.0 Å². The SMILES string of the molecule is CCCCCCCC(=O)O[C@H]1/C(=C/C(=O)OC)C[C@@H](CC(OCc2ccc(OC)cc2)[C@@H](C)OCc2ccccc2)O[C@@]1(OC)C(C)(C)/C=C/C=O. The Balaban J connectivity index is 1.99. The molecule has 10 heteroatoms. The van der Waals surface area contributed by atoms with Gasteiger partial charge in [0, 0.05) is 31.4 Å². The van der Waals surface area contributed by atoms with Crippen molar-refractivity contribution < 1.29 is 47.5 Å². The molecule has 3 rings (SSSR count). The summed E-state index contributed by atoms with van der Waals surface area (Å²) in [5, 5.41) is 0. The Morgan fingerprint density at radius 3 is 2.25 bits per heavy atom. The summed E-state index contributed by atoms with van der Waals surface area (Å²) in [6.45, 7) is 8.45. The molecule has 0 N–H and O–H groups in total. The number of carbonyl (C=O) groups is 3. The molecule has 0 bridgehead atoms. The minimum atomic E-state index is -1.64. The zero-order valence-corrected chi connectivity index (χ0v) is 32.0. The Kier molecular flexibility index (Phi) is 17.7. The molecule has 0 aromatic heterocycles. The van der Waals surface area contributed by atoms with Crippen molar-refractivity contribution >= 4 is 18.2 Å². The van der Waals surface area contributed by atoms with Crippen LogP contribution >= 0.6 is 0 Å². The molecule has 1 heterocycles. The van der Waals surface area contributed by atoms with Crippen LogP contribution < -0.4 is 4.74 Å². The van der Waals surface area contributed by atoms with Crippen molar-refractivity contribution in [2.24, 2.45) is 5.41 Å². The molecule has 52 heavy (non-hydrogen) atoms. The minimum Gasteiger partial charge on any atom is -0.497 e. The van der Waals surface area contributed by atoms with Gasteiger partial charge in [0.05, 0.1) is 45.7 Å². The Morgan fingerprint density at radius 1 is 0.942 bits per heavy atom. The first-order valence-corrected chi connectivity index (χ1v) is 18.3. The van der Waals surface area contributed by atoms with E-state index in [4.69, 9.17) is 33.2 Å². The van der Waals surface area contributed by atoms with E-state index in [1.165, 1.54) is 26.4 Å². The van der Waals surface area contributed by atoms with Crippen LogP contribution in [0.25, 0.3) is 0 Å². The van der Waals surface area contributed by atoms with Gasteiger partial charge in [0.25, 0.3) is 0 Å². The molecule has 5 atom stereocenters. The summed E-state index contributed by atoms with van der Waals surface area (Å²) in [5.74, 6) is -1.93. The first kappa shape index (κ1) is 42.6. The largest absolute Gasteiger partial charge is 0.497 e. The van der Waals surface area contributed by atoms with Crippen LogP contribution in [0.2, 0.25) is 0 Å². The van der Waals surface area contributed by atoms with Crippen molar-refractivity contribution in [1.82, 2.24) is 0 Å². The fourth-order valence-corrected chi connectivity index (χ4v) is 6.45. The molecule has 0 aliphatic carbocycles. The predicted molar refractivity (Wildman–Crippen MR) is 198 cm³/mol. The van der Waals surface area contributed by atoms with Crippen LogP contribution in [0.3, 0.4) is 0 Å². The zero-order valence-electron chi connectivity index (χ0n) is 32.0. The van der Waals surface area contributed by atoms with Gasteiger partial charge >= 0.3 is 11.9 Å². The fraction of sp³-hybridized carbons (Fsp3) is 0.548. The number of esters is 2. The smallest absolute Gasteiger partial charge is 0.330 e. The number of allylic oxidation sites excluding steroid dienone is 1. The van der Waals surface area contributed by atoms with Crippen LogP contribution in [0, 0.1) is 5.41 Å². The highest BCUT2D eigenvalue weighted by Crippen LogP contribution is 2.49. The number of hydrogen-bond donors (Lipinski definition) is 0. The van der Waals surface area contributed by atoms with Gasteiger partial charge in [0.1, 0.15) is 12.0 Å². The van der Waals surface area contributed by atoms with Gasteiger partial charge in [-0.3, -0.25) is 9.59 Å². The number of methoxy groups -OCH3 is 3. The molecule has 1 aliphatic heterocycles. The average molecular weight is 723 g/mol. The lowest BCUT2D eigenvalue weighted by atomic mass is 9.74. The molecule has 0 spiro atoms. The molecule has 286 valence electrons. The van der Waals surface area contributed by atoms with Gasteiger partial charge in [0.15, 0.2) is 6.10 Å². The maximum absolute atomic E-state index is 13.4. The van der Waals surface area contributed by atoms with Crippen molar-refractivity contribution in [1.29, 1.82) is 0 Å². The van der Waals surface area contributed by atoms with E-state index in [0.717, 1.165) is 42.6 Å². The fourth-order valence-electron chi connectivity index (χ4n) is 6.45. The van der Waals surface area contributed by atoms with Crippen molar-refractivity contribution in [2.45, 2.75) is 122 Å². The monoisotopic (exact) mass is 722 g/mol. The lowest BCUT2D eigenvalue weighted by Crippen LogP contribution is -2.63. The maximum Gasteiger partial charge on any atom is 0.330 e. The number of carbonyl (C=O) groups excluding carboxylic acids is 3. The number of unbranched alkanes of at least 4 members (excludes halogenated alkanes) is 4. The normalized spacial score (nSPS) is 21.1. The summed E-state index contributed by atoms with van der Waals surface area (Å²) in [4.78, 5) is 37.8. The molecule has 1 saturated heterocycles. The second-order valence-corrected chi connectivity index (χ2v) is 13.7. The summed E-state index contributed by atoms with van der Waals surface area (Å²) in [5.41, 5.74) is 1.42. The van der Waals surface area contributed by atoms with Gasteiger partial charge in [-0.1, -0.05) is 95.0 Å². The molecule has 1 fully saturated rings. The summed E-state index contributed by atoms with van der Waals surface area (Å²) >= 11 is 0. The topological polar surface area (TPSA) is 116 Å². The van der Waals surface area contributed by atoms with E-state index in [0.29, 0.717) is 37.9 Å². The quantitative estimate of drug-likeness (QED) is 0.0515. The van der Waals surface area contributed by atoms with Crippen molar-refractivity contribution in [2.75, 3.05) is 21.3 Å². The van der Waals surface area contributed by atoms with Crippen molar-refractivity contribution in [3.63, 3.8) is 0 Å². The highest BCUT2D eigenvalue weighted by molar-refractivity contribution is 5.83. The van der Waals surface area contributed by atoms with E-state index < -0.39 is 41.5 Å². The number of benzene rings is 2. The highest BCUT2D eigenvalue weighted by Gasteiger charge is 2.59. The van der Waals surface area contributed by atoms with Crippen molar-refractivity contribution in [3.05, 3.63) is 89.5 Å². The Morgan fingerprint density at radius 2 is 1.62 bits per heavy atom. The Hall–Kier alpha value is -3.83. The standard InChI is InChI=1S/C42H58O10/c1-8-9-10-11-15-19-38(44)51-40-34(27-39(45)47-6)26-36(52-42(40,48-7)41(3,4)24-16-25-43)28-37(31(2)49-29-32-17-13-12-14-18-32)50-30-33-20-22-35(46-5)23-21-33/h12-14,16-18,20-25,27,31,36-37,40H,8-11,15,19,26,28-30H2,1-7H3/b24-16+,34-27+/t31-,36+,37?,40+,42-/m1/s1. The molecule has 1 unspecified atom stereocenters. The van der Waals surface area contributed by atoms with Gasteiger partial charge < -0.3 is 33.2 Å². The molecular formula is C42H58O10. The second-order valence-electron chi connectivity index (χ2n) is 13.7. The summed E-state index contributed by atoms with van der Waals surface area (Å²) < 4.78 is 42.6. The van der Waals surface area contributed by atoms with E-state index >= 15 is 0 Å². The van der Waals surface area contributed by atoms with Gasteiger partial charge in [-0.15, -0.1) is 0 Å². The predicted octanol–water partition coefficient (Wildman–Crippen LogP) is 7.86. The number of ether oxygens (including phenoxy) is 7. The molecule has 10 nitrogen and oxygen atoms in total. The molecule has 0 saturated carbocycles. The molecule has 0 amide bonds. The molecule has 2 aromatic carbocycles. The zero-order chi connectivity index (χ0) is 38.0. The molecule has 1 aliphatic rings. The third-order valence-electron chi connectivity index (χ3n) is 9.52. The van der Waals surface area contributed by atoms with Crippen molar-refractivity contribution in [3.8, 4) is 5.75 Å². The van der Waals surface area contributed by atoms with Gasteiger partial charge in [-0.2, -0.15) is 0 Å². The van der Waals surface area contributed by atoms with Gasteiger partial charge in [-0.25, -0.2) is 4.79 Å². The maximum atomic E-state index is 13.4. The van der Waals surface area contributed by atoms with Crippen LogP contribution in [-0.4, -0.2) is 69.8 Å². The van der Waals surface area contributed by atoms with E-state index in [2.05, 4.69) is 6.92 Å². The second kappa shape index (κ2) is 21.6. The minimum absolute atomic E-state index is 0.205. The summed E-state index contributed by atoms with van der Waals surface area (Å²) in [7, 11) is 4.39. The Labute approximate surface area is 309 Å². The van der Waals surface area contributed by atoms with Crippen LogP contribution in [0.4, 0.5) is 0 Å². The summed E-state index contributed by atoms with van der Waals surface area (Å²) in [6, 6.07) is 17.5. The van der Waals surface area contributed by atoms with Crippen LogP contribution in [0.15, 0.2) is 78.4 Å². The van der Waals surface area contributed by atoms with Gasteiger partial charge in [0.2, 0.25) is 5.79 Å². The first-order valence-electron chi connectivity index (χ1n) is 18.3. The summed E-state index contributed by atoms with van der Waals surface area (Å²) in [6.07, 6.45) is 8.06. The number of hydrogen-bond acceptors (Lipinski definition) is 10. The Bertz CT molecular complexity index is 1430. The van der Waals surface area contributed by atoms with E-state index in [1.807, 2.05) is 75.4 Å². The molecule has 2 aromatic rings. The average Bonchev–Trinajstić information content (AvgIpc) is 3.15. The first-order chi connectivity index (χ1) is 25.0. The third-order valence-corrected chi connectivity index (χ3v) is 9.52. The number of rotatable bonds is 22. The number of aldehydes is 1. The van der Waals surface area contributed by atoms with E-state index in [9.17, 15) is 14.4 Å². The van der Waals surface area contributed by atoms with E-state index in [-0.39, 0.29) is 18.9 Å². The third kappa shape index (κ3) is 12.4. The van der Waals surface area contributed by atoms with Gasteiger partial charge in [-0.05, 0) is 54.7 Å². The molecule has 0 radical (unpaired) electrons. The van der Waals surface area contributed by atoms with Crippen LogP contribution in [0.1, 0.15) is 90.2 Å². The molecular weight excluding hydrogens is 664 g/mol. The van der Waals surface area contributed by atoms with E-state index in [1.54, 1.807) is 13.2 Å².